The summed E-state index contributed by atoms with van der Waals surface area (Å²) >= 11 is 5.55. The number of hydrogen-bond acceptors (Lipinski definition) is 2. The normalized spacial score (nSPS) is 25.9. The molecule has 1 amide bonds. The minimum Gasteiger partial charge on any atom is -0.391 e. The summed E-state index contributed by atoms with van der Waals surface area (Å²) in [5.41, 5.74) is 0. The van der Waals surface area contributed by atoms with Crippen LogP contribution in [0.15, 0.2) is 0 Å². The van der Waals surface area contributed by atoms with Crippen molar-refractivity contribution in [2.45, 2.75) is 19.4 Å². The number of carbonyl (C=O) groups is 1. The van der Waals surface area contributed by atoms with Crippen LogP contribution in [0.4, 0.5) is 0 Å². The lowest BCUT2D eigenvalue weighted by Crippen LogP contribution is -2.34. The smallest absolute Gasteiger partial charge is 0.226 e. The topological polar surface area (TPSA) is 40.5 Å². The highest BCUT2D eigenvalue weighted by molar-refractivity contribution is 6.19. The minimum absolute atomic E-state index is 0.0570. The van der Waals surface area contributed by atoms with Gasteiger partial charge in [0.2, 0.25) is 5.91 Å². The average molecular weight is 192 g/mol. The fraction of sp³-hybridized carbons (Fsp3) is 0.875. The molecule has 2 unspecified atom stereocenters. The third-order valence-electron chi connectivity index (χ3n) is 2.13. The molecule has 1 aliphatic heterocycles. The Morgan fingerprint density at radius 2 is 2.50 bits per heavy atom. The number of carbonyl (C=O) groups excluding carboxylic acids is 1. The van der Waals surface area contributed by atoms with Crippen LogP contribution in [-0.4, -0.2) is 41.0 Å². The van der Waals surface area contributed by atoms with Gasteiger partial charge in [0, 0.05) is 24.9 Å². The van der Waals surface area contributed by atoms with Crippen molar-refractivity contribution >= 4 is 17.5 Å². The quantitative estimate of drug-likeness (QED) is 0.645. The third kappa shape index (κ3) is 2.11. The van der Waals surface area contributed by atoms with E-state index in [0.717, 1.165) is 0 Å². The van der Waals surface area contributed by atoms with Crippen LogP contribution in [0.3, 0.4) is 0 Å². The second kappa shape index (κ2) is 4.10. The highest BCUT2D eigenvalue weighted by Gasteiger charge is 2.27. The van der Waals surface area contributed by atoms with Gasteiger partial charge in [-0.3, -0.25) is 4.79 Å². The van der Waals surface area contributed by atoms with Gasteiger partial charge in [0.15, 0.2) is 0 Å². The van der Waals surface area contributed by atoms with E-state index >= 15 is 0 Å². The van der Waals surface area contributed by atoms with E-state index in [1.54, 1.807) is 11.8 Å². The van der Waals surface area contributed by atoms with Crippen molar-refractivity contribution < 1.29 is 9.90 Å². The van der Waals surface area contributed by atoms with Crippen molar-refractivity contribution in [3.63, 3.8) is 0 Å². The fourth-order valence-corrected chi connectivity index (χ4v) is 1.45. The Labute approximate surface area is 77.3 Å². The largest absolute Gasteiger partial charge is 0.391 e. The summed E-state index contributed by atoms with van der Waals surface area (Å²) in [6.07, 6.45) is 0.359. The fourth-order valence-electron chi connectivity index (χ4n) is 1.32. The van der Waals surface area contributed by atoms with Gasteiger partial charge >= 0.3 is 0 Å². The maximum atomic E-state index is 11.5. The van der Waals surface area contributed by atoms with Gasteiger partial charge in [-0.15, -0.1) is 11.6 Å². The average Bonchev–Trinajstić information content (AvgIpc) is 2.49. The highest BCUT2D eigenvalue weighted by atomic mass is 35.5. The summed E-state index contributed by atoms with van der Waals surface area (Å²) < 4.78 is 0. The molecule has 0 bridgehead atoms. The van der Waals surface area contributed by atoms with Gasteiger partial charge in [-0.1, -0.05) is 6.92 Å². The molecule has 0 aromatic rings. The molecule has 0 radical (unpaired) electrons. The molecular weight excluding hydrogens is 178 g/mol. The molecular formula is C8H14ClNO2. The first kappa shape index (κ1) is 9.81. The van der Waals surface area contributed by atoms with Crippen molar-refractivity contribution in [2.75, 3.05) is 19.0 Å². The lowest BCUT2D eigenvalue weighted by atomic mass is 10.2. The van der Waals surface area contributed by atoms with Crippen molar-refractivity contribution in [1.82, 2.24) is 4.90 Å². The number of amides is 1. The zero-order chi connectivity index (χ0) is 9.14. The molecule has 0 aromatic carbocycles. The van der Waals surface area contributed by atoms with Crippen LogP contribution >= 0.6 is 11.6 Å². The molecule has 1 fully saturated rings. The van der Waals surface area contributed by atoms with Crippen molar-refractivity contribution in [3.05, 3.63) is 0 Å². The molecule has 1 N–H and O–H groups in total. The molecule has 3 nitrogen and oxygen atoms in total. The number of β-amino-alcohol motifs (C(OH)–C–C–N with tert-alkyl or cyclic N) is 1. The Hall–Kier alpha value is -0.280. The molecule has 1 saturated heterocycles. The van der Waals surface area contributed by atoms with Crippen molar-refractivity contribution in [2.24, 2.45) is 5.92 Å². The number of aliphatic hydroxyl groups is 1. The standard InChI is InChI=1S/C8H14ClNO2/c1-6(4-9)8(12)10-3-2-7(11)5-10/h6-7,11H,2-5H2,1H3. The van der Waals surface area contributed by atoms with Gasteiger partial charge in [-0.25, -0.2) is 0 Å². The molecule has 0 aromatic heterocycles. The Morgan fingerprint density at radius 1 is 1.83 bits per heavy atom. The van der Waals surface area contributed by atoms with Crippen LogP contribution < -0.4 is 0 Å². The molecule has 1 aliphatic rings. The van der Waals surface area contributed by atoms with E-state index < -0.39 is 0 Å². The van der Waals surface area contributed by atoms with E-state index in [0.29, 0.717) is 25.4 Å². The second-order valence-electron chi connectivity index (χ2n) is 3.28. The summed E-state index contributed by atoms with van der Waals surface area (Å²) in [5, 5.41) is 9.18. The third-order valence-corrected chi connectivity index (χ3v) is 2.59. The van der Waals surface area contributed by atoms with Crippen LogP contribution in [-0.2, 0) is 4.79 Å². The van der Waals surface area contributed by atoms with Crippen LogP contribution in [0.2, 0.25) is 0 Å². The van der Waals surface area contributed by atoms with E-state index in [2.05, 4.69) is 0 Å². The first-order valence-electron chi connectivity index (χ1n) is 4.18. The maximum absolute atomic E-state index is 11.5. The summed E-state index contributed by atoms with van der Waals surface area (Å²) in [7, 11) is 0. The molecule has 0 aliphatic carbocycles. The number of hydrogen-bond donors (Lipinski definition) is 1. The minimum atomic E-state index is -0.337. The summed E-state index contributed by atoms with van der Waals surface area (Å²) in [6, 6.07) is 0. The number of alkyl halides is 1. The highest BCUT2D eigenvalue weighted by Crippen LogP contribution is 2.13. The molecule has 4 heteroatoms. The van der Waals surface area contributed by atoms with Crippen LogP contribution in [0.5, 0.6) is 0 Å². The predicted octanol–water partition coefficient (Wildman–Crippen LogP) is 0.454. The zero-order valence-electron chi connectivity index (χ0n) is 7.16. The Bertz CT molecular complexity index is 174. The lowest BCUT2D eigenvalue weighted by Gasteiger charge is -2.18. The summed E-state index contributed by atoms with van der Waals surface area (Å²) in [4.78, 5) is 13.1. The number of nitrogens with zero attached hydrogens (tertiary/aromatic N) is 1. The summed E-state index contributed by atoms with van der Waals surface area (Å²) in [6.45, 7) is 2.95. The maximum Gasteiger partial charge on any atom is 0.226 e. The molecule has 12 heavy (non-hydrogen) atoms. The zero-order valence-corrected chi connectivity index (χ0v) is 7.92. The van der Waals surface area contributed by atoms with E-state index in [-0.39, 0.29) is 17.9 Å². The molecule has 1 heterocycles. The van der Waals surface area contributed by atoms with Crippen LogP contribution in [0.25, 0.3) is 0 Å². The van der Waals surface area contributed by atoms with E-state index in [4.69, 9.17) is 11.6 Å². The summed E-state index contributed by atoms with van der Waals surface area (Å²) in [5.74, 6) is 0.282. The van der Waals surface area contributed by atoms with E-state index in [1.165, 1.54) is 0 Å². The van der Waals surface area contributed by atoms with Crippen LogP contribution in [0.1, 0.15) is 13.3 Å². The van der Waals surface area contributed by atoms with Crippen LogP contribution in [0, 0.1) is 5.92 Å². The SMILES string of the molecule is CC(CCl)C(=O)N1CCC(O)C1. The predicted molar refractivity (Wildman–Crippen MR) is 47.1 cm³/mol. The van der Waals surface area contributed by atoms with Gasteiger partial charge in [-0.2, -0.15) is 0 Å². The number of rotatable bonds is 2. The molecule has 2 atom stereocenters. The Kier molecular flexibility index (Phi) is 3.35. The first-order chi connectivity index (χ1) is 5.65. The van der Waals surface area contributed by atoms with E-state index in [9.17, 15) is 9.90 Å². The molecule has 0 saturated carbocycles. The number of likely N-dealkylation sites (tertiary alicyclic amines) is 1. The molecule has 70 valence electrons. The van der Waals surface area contributed by atoms with Gasteiger partial charge in [0.05, 0.1) is 6.10 Å². The van der Waals surface area contributed by atoms with Crippen molar-refractivity contribution in [1.29, 1.82) is 0 Å². The number of aliphatic hydroxyl groups excluding tert-OH is 1. The number of halogens is 1. The molecule has 1 rings (SSSR count). The lowest BCUT2D eigenvalue weighted by molar-refractivity contribution is -0.133. The van der Waals surface area contributed by atoms with Gasteiger partial charge in [0.1, 0.15) is 0 Å². The Balaban J connectivity index is 2.43. The van der Waals surface area contributed by atoms with Crippen molar-refractivity contribution in [3.8, 4) is 0 Å². The molecule has 0 spiro atoms. The van der Waals surface area contributed by atoms with E-state index in [1.807, 2.05) is 0 Å². The van der Waals surface area contributed by atoms with Gasteiger partial charge in [-0.05, 0) is 6.42 Å². The first-order valence-corrected chi connectivity index (χ1v) is 4.71. The van der Waals surface area contributed by atoms with Gasteiger partial charge in [0.25, 0.3) is 0 Å². The van der Waals surface area contributed by atoms with Gasteiger partial charge < -0.3 is 10.0 Å². The second-order valence-corrected chi connectivity index (χ2v) is 3.59. The Morgan fingerprint density at radius 3 is 2.92 bits per heavy atom. The monoisotopic (exact) mass is 191 g/mol.